The van der Waals surface area contributed by atoms with Crippen LogP contribution in [0.25, 0.3) is 0 Å². The highest BCUT2D eigenvalue weighted by Crippen LogP contribution is 2.12. The molecule has 0 aliphatic heterocycles. The summed E-state index contributed by atoms with van der Waals surface area (Å²) in [6.07, 6.45) is 0. The van der Waals surface area contributed by atoms with Crippen molar-refractivity contribution in [3.05, 3.63) is 29.8 Å². The van der Waals surface area contributed by atoms with Crippen LogP contribution in [0.4, 0.5) is 14.5 Å². The van der Waals surface area contributed by atoms with E-state index in [1.807, 2.05) is 5.43 Å². The molecular formula is C6H8F2N2S. The van der Waals surface area contributed by atoms with E-state index in [9.17, 15) is 8.78 Å². The van der Waals surface area contributed by atoms with Crippen LogP contribution in [0.15, 0.2) is 18.2 Å². The standard InChI is InChI=1S/C6H6F2N2.H2S/c7-4-1-2-5(8)6(3-4)10-9;/h1-3,10H,9H2;1H2. The van der Waals surface area contributed by atoms with Gasteiger partial charge in [-0.3, -0.25) is 5.84 Å². The van der Waals surface area contributed by atoms with Crippen molar-refractivity contribution in [2.45, 2.75) is 0 Å². The molecule has 0 heterocycles. The van der Waals surface area contributed by atoms with E-state index in [0.29, 0.717) is 0 Å². The predicted molar refractivity (Wildman–Crippen MR) is 44.5 cm³/mol. The fraction of sp³-hybridized carbons (Fsp3) is 0. The number of benzene rings is 1. The molecule has 0 saturated heterocycles. The summed E-state index contributed by atoms with van der Waals surface area (Å²) in [5.41, 5.74) is 1.98. The minimum Gasteiger partial charge on any atom is -0.321 e. The summed E-state index contributed by atoms with van der Waals surface area (Å²) >= 11 is 0. The van der Waals surface area contributed by atoms with Crippen molar-refractivity contribution in [1.82, 2.24) is 0 Å². The lowest BCUT2D eigenvalue weighted by molar-refractivity contribution is 0.602. The summed E-state index contributed by atoms with van der Waals surface area (Å²) in [6.45, 7) is 0. The zero-order valence-corrected chi connectivity index (χ0v) is 6.57. The van der Waals surface area contributed by atoms with Crippen molar-refractivity contribution < 1.29 is 8.78 Å². The molecule has 0 aliphatic carbocycles. The number of halogens is 2. The number of nitrogens with two attached hydrogens (primary N) is 1. The molecule has 1 aromatic rings. The van der Waals surface area contributed by atoms with Gasteiger partial charge >= 0.3 is 0 Å². The molecule has 5 heteroatoms. The number of hydrogen-bond acceptors (Lipinski definition) is 2. The molecular weight excluding hydrogens is 170 g/mol. The molecule has 0 spiro atoms. The van der Waals surface area contributed by atoms with Gasteiger partial charge in [-0.1, -0.05) is 0 Å². The van der Waals surface area contributed by atoms with Gasteiger partial charge in [-0.05, 0) is 12.1 Å². The van der Waals surface area contributed by atoms with Gasteiger partial charge in [-0.25, -0.2) is 8.78 Å². The molecule has 0 atom stereocenters. The van der Waals surface area contributed by atoms with Crippen LogP contribution in [0.3, 0.4) is 0 Å². The average molecular weight is 178 g/mol. The largest absolute Gasteiger partial charge is 0.321 e. The summed E-state index contributed by atoms with van der Waals surface area (Å²) in [4.78, 5) is 0. The van der Waals surface area contributed by atoms with Gasteiger partial charge < -0.3 is 5.43 Å². The quantitative estimate of drug-likeness (QED) is 0.503. The Kier molecular flexibility index (Phi) is 3.84. The summed E-state index contributed by atoms with van der Waals surface area (Å²) in [5.74, 6) is 3.78. The number of hydrogen-bond donors (Lipinski definition) is 2. The fourth-order valence-corrected chi connectivity index (χ4v) is 0.608. The van der Waals surface area contributed by atoms with Crippen LogP contribution in [0.2, 0.25) is 0 Å². The first-order valence-corrected chi connectivity index (χ1v) is 2.65. The van der Waals surface area contributed by atoms with Crippen LogP contribution in [0.1, 0.15) is 0 Å². The molecule has 0 bridgehead atoms. The SMILES string of the molecule is NNc1cc(F)ccc1F.S. The van der Waals surface area contributed by atoms with E-state index in [4.69, 9.17) is 5.84 Å². The second kappa shape index (κ2) is 4.15. The lowest BCUT2D eigenvalue weighted by atomic mass is 10.3. The monoisotopic (exact) mass is 178 g/mol. The highest BCUT2D eigenvalue weighted by molar-refractivity contribution is 7.59. The molecule has 0 aliphatic rings. The van der Waals surface area contributed by atoms with Gasteiger partial charge in [0.1, 0.15) is 11.6 Å². The summed E-state index contributed by atoms with van der Waals surface area (Å²) in [5, 5.41) is 0. The van der Waals surface area contributed by atoms with Crippen LogP contribution < -0.4 is 11.3 Å². The molecule has 3 N–H and O–H groups in total. The van der Waals surface area contributed by atoms with E-state index >= 15 is 0 Å². The highest BCUT2D eigenvalue weighted by Gasteiger charge is 1.99. The molecule has 0 unspecified atom stereocenters. The third kappa shape index (κ3) is 2.36. The predicted octanol–water partition coefficient (Wildman–Crippen LogP) is 1.36. The van der Waals surface area contributed by atoms with Gasteiger partial charge in [0.05, 0.1) is 5.69 Å². The molecule has 2 nitrogen and oxygen atoms in total. The normalized spacial score (nSPS) is 8.64. The Morgan fingerprint density at radius 2 is 1.91 bits per heavy atom. The smallest absolute Gasteiger partial charge is 0.147 e. The zero-order chi connectivity index (χ0) is 7.56. The van der Waals surface area contributed by atoms with Gasteiger partial charge in [-0.15, -0.1) is 0 Å². The lowest BCUT2D eigenvalue weighted by Crippen LogP contribution is -2.08. The Labute approximate surface area is 69.8 Å². The highest BCUT2D eigenvalue weighted by atomic mass is 32.1. The molecule has 1 aromatic carbocycles. The van der Waals surface area contributed by atoms with E-state index in [2.05, 4.69) is 0 Å². The summed E-state index contributed by atoms with van der Waals surface area (Å²) in [7, 11) is 0. The number of hydrazine groups is 1. The van der Waals surface area contributed by atoms with Gasteiger partial charge in [0, 0.05) is 6.07 Å². The first-order valence-electron chi connectivity index (χ1n) is 2.65. The maximum Gasteiger partial charge on any atom is 0.147 e. The molecule has 0 amide bonds. The average Bonchev–Trinajstić information content (AvgIpc) is 1.94. The van der Waals surface area contributed by atoms with Crippen molar-refractivity contribution in [3.63, 3.8) is 0 Å². The zero-order valence-electron chi connectivity index (χ0n) is 5.57. The van der Waals surface area contributed by atoms with E-state index in [-0.39, 0.29) is 19.2 Å². The topological polar surface area (TPSA) is 38.0 Å². The summed E-state index contributed by atoms with van der Waals surface area (Å²) < 4.78 is 24.7. The Hall–Kier alpha value is -0.810. The van der Waals surface area contributed by atoms with E-state index in [0.717, 1.165) is 18.2 Å². The van der Waals surface area contributed by atoms with Crippen molar-refractivity contribution in [1.29, 1.82) is 0 Å². The van der Waals surface area contributed by atoms with Crippen LogP contribution >= 0.6 is 13.5 Å². The molecule has 11 heavy (non-hydrogen) atoms. The Morgan fingerprint density at radius 3 is 2.36 bits per heavy atom. The van der Waals surface area contributed by atoms with Crippen LogP contribution in [0.5, 0.6) is 0 Å². The maximum atomic E-state index is 12.5. The second-order valence-electron chi connectivity index (χ2n) is 1.77. The van der Waals surface area contributed by atoms with Gasteiger partial charge in [0.15, 0.2) is 0 Å². The maximum absolute atomic E-state index is 12.5. The van der Waals surface area contributed by atoms with Crippen LogP contribution in [-0.4, -0.2) is 0 Å². The molecule has 0 saturated carbocycles. The van der Waals surface area contributed by atoms with Gasteiger partial charge in [0.2, 0.25) is 0 Å². The molecule has 0 radical (unpaired) electrons. The Morgan fingerprint density at radius 1 is 1.27 bits per heavy atom. The Balaban J connectivity index is 0.000001000. The minimum atomic E-state index is -0.566. The first kappa shape index (κ1) is 10.2. The fourth-order valence-electron chi connectivity index (χ4n) is 0.608. The second-order valence-corrected chi connectivity index (χ2v) is 1.77. The summed E-state index contributed by atoms with van der Waals surface area (Å²) in [6, 6.07) is 3.01. The molecule has 0 aromatic heterocycles. The van der Waals surface area contributed by atoms with Crippen molar-refractivity contribution >= 4 is 19.2 Å². The first-order chi connectivity index (χ1) is 4.74. The molecule has 62 valence electrons. The lowest BCUT2D eigenvalue weighted by Gasteiger charge is -1.99. The van der Waals surface area contributed by atoms with Crippen molar-refractivity contribution in [2.75, 3.05) is 5.43 Å². The van der Waals surface area contributed by atoms with Crippen molar-refractivity contribution in [3.8, 4) is 0 Å². The minimum absolute atomic E-state index is 0. The third-order valence-electron chi connectivity index (χ3n) is 1.08. The van der Waals surface area contributed by atoms with Gasteiger partial charge in [0.25, 0.3) is 0 Å². The Bertz CT molecular complexity index is 242. The number of nitrogens with one attached hydrogen (secondary N) is 1. The van der Waals surface area contributed by atoms with Crippen LogP contribution in [-0.2, 0) is 0 Å². The van der Waals surface area contributed by atoms with E-state index in [1.165, 1.54) is 0 Å². The van der Waals surface area contributed by atoms with E-state index < -0.39 is 11.6 Å². The third-order valence-corrected chi connectivity index (χ3v) is 1.08. The van der Waals surface area contributed by atoms with Gasteiger partial charge in [-0.2, -0.15) is 13.5 Å². The number of nitrogen functional groups attached to an aromatic ring is 1. The van der Waals surface area contributed by atoms with Crippen LogP contribution in [0, 0.1) is 11.6 Å². The van der Waals surface area contributed by atoms with Crippen molar-refractivity contribution in [2.24, 2.45) is 5.84 Å². The molecule has 0 fully saturated rings. The number of rotatable bonds is 1. The molecule has 1 rings (SSSR count). The van der Waals surface area contributed by atoms with E-state index in [1.54, 1.807) is 0 Å². The number of anilines is 1.